The van der Waals surface area contributed by atoms with E-state index < -0.39 is 0 Å². The lowest BCUT2D eigenvalue weighted by Gasteiger charge is -2.29. The van der Waals surface area contributed by atoms with Gasteiger partial charge in [0.05, 0.1) is 6.54 Å². The van der Waals surface area contributed by atoms with E-state index in [1.165, 1.54) is 25.9 Å². The molecule has 1 aliphatic rings. The van der Waals surface area contributed by atoms with Gasteiger partial charge in [0.15, 0.2) is 0 Å². The highest BCUT2D eigenvalue weighted by atomic mass is 16.4. The Hall–Kier alpha value is -0.940. The maximum absolute atomic E-state index is 5.30. The summed E-state index contributed by atoms with van der Waals surface area (Å²) in [4.78, 5) is 2.36. The summed E-state index contributed by atoms with van der Waals surface area (Å²) in [6.07, 6.45) is 2.40. The molecule has 2 heterocycles. The summed E-state index contributed by atoms with van der Waals surface area (Å²) in [5.41, 5.74) is 0. The first-order valence-corrected chi connectivity index (χ1v) is 5.45. The molecule has 0 aliphatic carbocycles. The Bertz CT molecular complexity index is 304. The van der Waals surface area contributed by atoms with Crippen molar-refractivity contribution < 1.29 is 4.42 Å². The van der Waals surface area contributed by atoms with E-state index in [4.69, 9.17) is 4.42 Å². The van der Waals surface area contributed by atoms with E-state index in [-0.39, 0.29) is 0 Å². The van der Waals surface area contributed by atoms with Crippen LogP contribution < -0.4 is 5.32 Å². The predicted octanol–water partition coefficient (Wildman–Crippen LogP) is 0.562. The topological polar surface area (TPSA) is 54.2 Å². The van der Waals surface area contributed by atoms with Gasteiger partial charge in [-0.1, -0.05) is 0 Å². The molecule has 84 valence electrons. The van der Waals surface area contributed by atoms with Crippen molar-refractivity contribution in [3.05, 3.63) is 11.8 Å². The molecule has 1 aromatic rings. The fourth-order valence-corrected chi connectivity index (χ4v) is 1.85. The highest BCUT2D eigenvalue weighted by Crippen LogP contribution is 2.09. The minimum Gasteiger partial charge on any atom is -0.424 e. The Morgan fingerprint density at radius 1 is 1.40 bits per heavy atom. The average Bonchev–Trinajstić information content (AvgIpc) is 2.64. The molecule has 0 saturated carbocycles. The monoisotopic (exact) mass is 210 g/mol. The van der Waals surface area contributed by atoms with Crippen molar-refractivity contribution in [2.75, 3.05) is 20.1 Å². The van der Waals surface area contributed by atoms with Crippen molar-refractivity contribution in [2.45, 2.75) is 32.4 Å². The molecule has 0 spiro atoms. The van der Waals surface area contributed by atoms with Crippen molar-refractivity contribution in [3.63, 3.8) is 0 Å². The molecule has 0 amide bonds. The van der Waals surface area contributed by atoms with E-state index in [9.17, 15) is 0 Å². The molecule has 5 heteroatoms. The van der Waals surface area contributed by atoms with E-state index in [0.717, 1.165) is 0 Å². The van der Waals surface area contributed by atoms with Crippen LogP contribution in [-0.4, -0.2) is 41.3 Å². The van der Waals surface area contributed by atoms with Gasteiger partial charge >= 0.3 is 0 Å². The molecule has 1 saturated heterocycles. The van der Waals surface area contributed by atoms with Crippen LogP contribution in [0.5, 0.6) is 0 Å². The zero-order valence-electron chi connectivity index (χ0n) is 9.36. The fourth-order valence-electron chi connectivity index (χ4n) is 1.85. The number of likely N-dealkylation sites (tertiary alicyclic amines) is 1. The van der Waals surface area contributed by atoms with Gasteiger partial charge in [-0.3, -0.25) is 0 Å². The molecule has 0 radical (unpaired) electrons. The molecule has 15 heavy (non-hydrogen) atoms. The lowest BCUT2D eigenvalue weighted by atomic mass is 10.1. The highest BCUT2D eigenvalue weighted by Gasteiger charge is 2.16. The lowest BCUT2D eigenvalue weighted by Crippen LogP contribution is -2.40. The maximum atomic E-state index is 5.30. The lowest BCUT2D eigenvalue weighted by molar-refractivity contribution is 0.230. The number of nitrogens with one attached hydrogen (secondary N) is 1. The summed E-state index contributed by atoms with van der Waals surface area (Å²) in [5.74, 6) is 1.32. The van der Waals surface area contributed by atoms with Gasteiger partial charge in [-0.2, -0.15) is 0 Å². The molecule has 0 unspecified atom stereocenters. The summed E-state index contributed by atoms with van der Waals surface area (Å²) in [6, 6.07) is 0.591. The normalized spacial score (nSPS) is 19.6. The zero-order chi connectivity index (χ0) is 10.7. The minimum absolute atomic E-state index is 0.591. The Labute approximate surface area is 89.9 Å². The van der Waals surface area contributed by atoms with E-state index in [1.54, 1.807) is 0 Å². The third-order valence-corrected chi connectivity index (χ3v) is 2.83. The quantitative estimate of drug-likeness (QED) is 0.790. The number of nitrogens with zero attached hydrogens (tertiary/aromatic N) is 3. The predicted molar refractivity (Wildman–Crippen MR) is 56.4 cm³/mol. The minimum atomic E-state index is 0.591. The van der Waals surface area contributed by atoms with Crippen LogP contribution >= 0.6 is 0 Å². The Morgan fingerprint density at radius 2 is 2.13 bits per heavy atom. The van der Waals surface area contributed by atoms with Crippen LogP contribution in [0.4, 0.5) is 0 Å². The number of hydrogen-bond donors (Lipinski definition) is 1. The number of hydrogen-bond acceptors (Lipinski definition) is 5. The van der Waals surface area contributed by atoms with Crippen LogP contribution in [0, 0.1) is 6.92 Å². The van der Waals surface area contributed by atoms with Crippen LogP contribution in [0.2, 0.25) is 0 Å². The maximum Gasteiger partial charge on any atom is 0.230 e. The molecule has 1 fully saturated rings. The van der Waals surface area contributed by atoms with Gasteiger partial charge in [0.25, 0.3) is 0 Å². The van der Waals surface area contributed by atoms with Gasteiger partial charge in [0.2, 0.25) is 11.8 Å². The van der Waals surface area contributed by atoms with E-state index >= 15 is 0 Å². The molecule has 0 aromatic carbocycles. The van der Waals surface area contributed by atoms with Crippen LogP contribution in [0.1, 0.15) is 24.6 Å². The smallest absolute Gasteiger partial charge is 0.230 e. The van der Waals surface area contributed by atoms with Crippen molar-refractivity contribution >= 4 is 0 Å². The highest BCUT2D eigenvalue weighted by molar-refractivity contribution is 4.81. The second kappa shape index (κ2) is 4.72. The molecule has 0 bridgehead atoms. The van der Waals surface area contributed by atoms with Crippen molar-refractivity contribution in [1.29, 1.82) is 0 Å². The first-order valence-electron chi connectivity index (χ1n) is 5.45. The summed E-state index contributed by atoms with van der Waals surface area (Å²) >= 11 is 0. The van der Waals surface area contributed by atoms with E-state index in [0.29, 0.717) is 24.4 Å². The second-order valence-corrected chi connectivity index (χ2v) is 4.17. The molecule has 1 N–H and O–H groups in total. The van der Waals surface area contributed by atoms with Crippen LogP contribution in [0.25, 0.3) is 0 Å². The standard InChI is InChI=1S/C10H18N4O/c1-8-12-13-10(15-8)7-11-9-3-5-14(2)6-4-9/h9,11H,3-7H2,1-2H3. The number of rotatable bonds is 3. The van der Waals surface area contributed by atoms with Gasteiger partial charge in [-0.15, -0.1) is 10.2 Å². The molecule has 5 nitrogen and oxygen atoms in total. The average molecular weight is 210 g/mol. The number of aromatic nitrogens is 2. The van der Waals surface area contributed by atoms with Crippen LogP contribution in [0.15, 0.2) is 4.42 Å². The molecular formula is C10H18N4O. The Kier molecular flexibility index (Phi) is 3.33. The van der Waals surface area contributed by atoms with Gasteiger partial charge in [0.1, 0.15) is 0 Å². The molecule has 1 aliphatic heterocycles. The number of piperidine rings is 1. The summed E-state index contributed by atoms with van der Waals surface area (Å²) < 4.78 is 5.30. The fraction of sp³-hybridized carbons (Fsp3) is 0.800. The molecule has 2 rings (SSSR count). The van der Waals surface area contributed by atoms with Crippen molar-refractivity contribution in [3.8, 4) is 0 Å². The molecule has 1 aromatic heterocycles. The number of aryl methyl sites for hydroxylation is 1. The first-order chi connectivity index (χ1) is 7.24. The van der Waals surface area contributed by atoms with Crippen LogP contribution in [-0.2, 0) is 6.54 Å². The van der Waals surface area contributed by atoms with Crippen molar-refractivity contribution in [1.82, 2.24) is 20.4 Å². The van der Waals surface area contributed by atoms with Gasteiger partial charge in [0, 0.05) is 13.0 Å². The van der Waals surface area contributed by atoms with Crippen molar-refractivity contribution in [2.24, 2.45) is 0 Å². The summed E-state index contributed by atoms with van der Waals surface area (Å²) in [7, 11) is 2.16. The Balaban J connectivity index is 1.74. The van der Waals surface area contributed by atoms with E-state index in [2.05, 4.69) is 27.5 Å². The van der Waals surface area contributed by atoms with E-state index in [1.807, 2.05) is 6.92 Å². The van der Waals surface area contributed by atoms with Crippen LogP contribution in [0.3, 0.4) is 0 Å². The van der Waals surface area contributed by atoms with Gasteiger partial charge in [-0.05, 0) is 33.0 Å². The van der Waals surface area contributed by atoms with Gasteiger partial charge < -0.3 is 14.6 Å². The Morgan fingerprint density at radius 3 is 2.73 bits per heavy atom. The second-order valence-electron chi connectivity index (χ2n) is 4.17. The first kappa shape index (κ1) is 10.6. The third-order valence-electron chi connectivity index (χ3n) is 2.83. The zero-order valence-corrected chi connectivity index (χ0v) is 9.36. The molecule has 0 atom stereocenters. The largest absolute Gasteiger partial charge is 0.424 e. The SMILES string of the molecule is Cc1nnc(CNC2CCN(C)CC2)o1. The van der Waals surface area contributed by atoms with Gasteiger partial charge in [-0.25, -0.2) is 0 Å². The molecular weight excluding hydrogens is 192 g/mol. The third kappa shape index (κ3) is 3.00. The summed E-state index contributed by atoms with van der Waals surface area (Å²) in [5, 5.41) is 11.2. The summed E-state index contributed by atoms with van der Waals surface area (Å²) in [6.45, 7) is 4.84.